The predicted molar refractivity (Wildman–Crippen MR) is 84.4 cm³/mol. The number of rotatable bonds is 3. The molecule has 1 unspecified atom stereocenters. The molecule has 1 aromatic heterocycles. The van der Waals surface area contributed by atoms with Crippen molar-refractivity contribution >= 4 is 27.3 Å². The first-order valence-electron chi connectivity index (χ1n) is 7.70. The summed E-state index contributed by atoms with van der Waals surface area (Å²) in [6.07, 6.45) is 7.57. The van der Waals surface area contributed by atoms with E-state index < -0.39 is 0 Å². The molecule has 1 atom stereocenters. The van der Waals surface area contributed by atoms with Gasteiger partial charge in [0.05, 0.1) is 3.79 Å². The number of nitrogens with one attached hydrogen (secondary N) is 1. The topological polar surface area (TPSA) is 12.0 Å². The molecule has 5 rings (SSSR count). The molecule has 1 N–H and O–H groups in total. The highest BCUT2D eigenvalue weighted by Gasteiger charge is 2.48. The SMILES string of the molecule is CC(NC1C2CC3CC(C2)CC1C3)c1ccc(Br)s1. The van der Waals surface area contributed by atoms with E-state index >= 15 is 0 Å². The van der Waals surface area contributed by atoms with Gasteiger partial charge in [-0.05, 0) is 90.8 Å². The Hall–Kier alpha value is 0.140. The van der Waals surface area contributed by atoms with E-state index in [4.69, 9.17) is 0 Å². The normalized spacial score (nSPS) is 41.7. The largest absolute Gasteiger partial charge is 0.306 e. The second-order valence-corrected chi connectivity index (χ2v) is 9.48. The molecule has 4 aliphatic carbocycles. The minimum atomic E-state index is 0.513. The molecular formula is C16H22BrNS. The summed E-state index contributed by atoms with van der Waals surface area (Å²) in [6, 6.07) is 5.75. The summed E-state index contributed by atoms with van der Waals surface area (Å²) >= 11 is 5.45. The van der Waals surface area contributed by atoms with Crippen LogP contribution in [0, 0.1) is 23.7 Å². The molecule has 19 heavy (non-hydrogen) atoms. The molecule has 1 heterocycles. The van der Waals surface area contributed by atoms with Crippen molar-refractivity contribution in [2.24, 2.45) is 23.7 Å². The van der Waals surface area contributed by atoms with E-state index in [1.165, 1.54) is 34.3 Å². The van der Waals surface area contributed by atoms with Crippen molar-refractivity contribution in [3.05, 3.63) is 20.8 Å². The van der Waals surface area contributed by atoms with E-state index in [2.05, 4.69) is 40.3 Å². The van der Waals surface area contributed by atoms with Crippen LogP contribution >= 0.6 is 27.3 Å². The lowest BCUT2D eigenvalue weighted by molar-refractivity contribution is -0.0169. The van der Waals surface area contributed by atoms with E-state index in [1.54, 1.807) is 6.42 Å². The van der Waals surface area contributed by atoms with Crippen LogP contribution < -0.4 is 5.32 Å². The van der Waals surface area contributed by atoms with E-state index in [1.807, 2.05) is 11.3 Å². The molecule has 1 aromatic rings. The van der Waals surface area contributed by atoms with Gasteiger partial charge < -0.3 is 5.32 Å². The highest BCUT2D eigenvalue weighted by molar-refractivity contribution is 9.11. The molecule has 0 radical (unpaired) electrons. The zero-order chi connectivity index (χ0) is 13.0. The first-order valence-corrected chi connectivity index (χ1v) is 9.31. The quantitative estimate of drug-likeness (QED) is 0.818. The monoisotopic (exact) mass is 339 g/mol. The zero-order valence-corrected chi connectivity index (χ0v) is 13.8. The van der Waals surface area contributed by atoms with Crippen LogP contribution in [0.4, 0.5) is 0 Å². The van der Waals surface area contributed by atoms with Gasteiger partial charge >= 0.3 is 0 Å². The Balaban J connectivity index is 1.48. The van der Waals surface area contributed by atoms with Crippen molar-refractivity contribution < 1.29 is 0 Å². The standard InChI is InChI=1S/C16H22BrNS/c1-9(14-2-3-15(17)19-14)18-16-12-5-10-4-11(7-12)8-13(16)6-10/h2-3,9-13,16,18H,4-8H2,1H3. The van der Waals surface area contributed by atoms with Crippen molar-refractivity contribution in [3.8, 4) is 0 Å². The molecule has 1 nitrogen and oxygen atoms in total. The van der Waals surface area contributed by atoms with Crippen molar-refractivity contribution in [1.29, 1.82) is 0 Å². The summed E-state index contributed by atoms with van der Waals surface area (Å²) < 4.78 is 1.25. The van der Waals surface area contributed by atoms with E-state index in [0.717, 1.165) is 29.7 Å². The first kappa shape index (κ1) is 12.8. The Morgan fingerprint density at radius 2 is 1.74 bits per heavy atom. The third-order valence-corrected chi connectivity index (χ3v) is 7.50. The number of thiophene rings is 1. The molecule has 0 aliphatic heterocycles. The summed E-state index contributed by atoms with van der Waals surface area (Å²) in [5, 5.41) is 3.98. The lowest BCUT2D eigenvalue weighted by Gasteiger charge is -2.55. The highest BCUT2D eigenvalue weighted by Crippen LogP contribution is 2.54. The summed E-state index contributed by atoms with van der Waals surface area (Å²) in [5.74, 6) is 4.10. The van der Waals surface area contributed by atoms with E-state index in [-0.39, 0.29) is 0 Å². The van der Waals surface area contributed by atoms with Crippen molar-refractivity contribution in [3.63, 3.8) is 0 Å². The fourth-order valence-electron chi connectivity index (χ4n) is 5.13. The summed E-state index contributed by atoms with van der Waals surface area (Å²) in [6.45, 7) is 2.34. The summed E-state index contributed by atoms with van der Waals surface area (Å²) in [5.41, 5.74) is 0. The van der Waals surface area contributed by atoms with Crippen LogP contribution in [0.2, 0.25) is 0 Å². The molecule has 104 valence electrons. The molecule has 4 aliphatic rings. The summed E-state index contributed by atoms with van der Waals surface area (Å²) in [7, 11) is 0. The highest BCUT2D eigenvalue weighted by atomic mass is 79.9. The van der Waals surface area contributed by atoms with Gasteiger partial charge in [-0.3, -0.25) is 0 Å². The Bertz CT molecular complexity index is 441. The maximum absolute atomic E-state index is 3.98. The molecular weight excluding hydrogens is 318 g/mol. The van der Waals surface area contributed by atoms with Gasteiger partial charge in [0.1, 0.15) is 0 Å². The predicted octanol–water partition coefficient (Wildman–Crippen LogP) is 4.99. The Labute approximate surface area is 128 Å². The van der Waals surface area contributed by atoms with Crippen LogP contribution in [-0.2, 0) is 0 Å². The van der Waals surface area contributed by atoms with Gasteiger partial charge in [0.15, 0.2) is 0 Å². The van der Waals surface area contributed by atoms with Crippen LogP contribution in [0.5, 0.6) is 0 Å². The van der Waals surface area contributed by atoms with Crippen LogP contribution in [0.1, 0.15) is 49.9 Å². The average molecular weight is 340 g/mol. The van der Waals surface area contributed by atoms with E-state index in [0.29, 0.717) is 6.04 Å². The minimum absolute atomic E-state index is 0.513. The van der Waals surface area contributed by atoms with Crippen molar-refractivity contribution in [1.82, 2.24) is 5.32 Å². The van der Waals surface area contributed by atoms with Gasteiger partial charge in [-0.1, -0.05) is 0 Å². The second kappa shape index (κ2) is 4.85. The lowest BCUT2D eigenvalue weighted by atomic mass is 9.54. The fraction of sp³-hybridized carbons (Fsp3) is 0.750. The number of halogens is 1. The van der Waals surface area contributed by atoms with Gasteiger partial charge in [0.25, 0.3) is 0 Å². The lowest BCUT2D eigenvalue weighted by Crippen LogP contribution is -2.54. The fourth-order valence-corrected chi connectivity index (χ4v) is 6.56. The third-order valence-electron chi connectivity index (χ3n) is 5.69. The Kier molecular flexibility index (Phi) is 3.28. The molecule has 0 spiro atoms. The molecule has 4 saturated carbocycles. The molecule has 0 aromatic carbocycles. The van der Waals surface area contributed by atoms with Crippen molar-refractivity contribution in [2.45, 2.75) is 51.1 Å². The average Bonchev–Trinajstić information content (AvgIpc) is 2.79. The molecule has 0 saturated heterocycles. The Morgan fingerprint density at radius 1 is 1.11 bits per heavy atom. The van der Waals surface area contributed by atoms with Crippen LogP contribution in [-0.4, -0.2) is 6.04 Å². The maximum atomic E-state index is 3.98. The van der Waals surface area contributed by atoms with Gasteiger partial charge in [0, 0.05) is 17.0 Å². The number of hydrogen-bond donors (Lipinski definition) is 1. The molecule has 4 fully saturated rings. The maximum Gasteiger partial charge on any atom is 0.0701 e. The van der Waals surface area contributed by atoms with Crippen LogP contribution in [0.15, 0.2) is 15.9 Å². The zero-order valence-electron chi connectivity index (χ0n) is 11.4. The molecule has 0 amide bonds. The van der Waals surface area contributed by atoms with Gasteiger partial charge in [0.2, 0.25) is 0 Å². The molecule has 3 heteroatoms. The van der Waals surface area contributed by atoms with Gasteiger partial charge in [-0.25, -0.2) is 0 Å². The second-order valence-electron chi connectivity index (χ2n) is 6.99. The molecule has 4 bridgehead atoms. The van der Waals surface area contributed by atoms with Crippen LogP contribution in [0.25, 0.3) is 0 Å². The summed E-state index contributed by atoms with van der Waals surface area (Å²) in [4.78, 5) is 1.47. The number of hydrogen-bond acceptors (Lipinski definition) is 2. The van der Waals surface area contributed by atoms with Gasteiger partial charge in [-0.15, -0.1) is 11.3 Å². The van der Waals surface area contributed by atoms with Gasteiger partial charge in [-0.2, -0.15) is 0 Å². The Morgan fingerprint density at radius 3 is 2.26 bits per heavy atom. The van der Waals surface area contributed by atoms with E-state index in [9.17, 15) is 0 Å². The van der Waals surface area contributed by atoms with Crippen LogP contribution in [0.3, 0.4) is 0 Å². The third kappa shape index (κ3) is 2.32. The minimum Gasteiger partial charge on any atom is -0.306 e. The van der Waals surface area contributed by atoms with Crippen molar-refractivity contribution in [2.75, 3.05) is 0 Å². The smallest absolute Gasteiger partial charge is 0.0701 e. The first-order chi connectivity index (χ1) is 9.19.